The van der Waals surface area contributed by atoms with Crippen molar-refractivity contribution in [3.05, 3.63) is 0 Å². The molecule has 0 bridgehead atoms. The number of hydrogen-bond acceptors (Lipinski definition) is 2. The lowest BCUT2D eigenvalue weighted by atomic mass is 11.5. The SMILES string of the molecule is C[Si](C)(C)O[SiH2]N[C]=O. The predicted octanol–water partition coefficient (Wildman–Crippen LogP) is -0.507. The Morgan fingerprint density at radius 3 is 2.44 bits per heavy atom. The molecule has 53 valence electrons. The van der Waals surface area contributed by atoms with Gasteiger partial charge in [-0.1, -0.05) is 0 Å². The average Bonchev–Trinajstić information content (AvgIpc) is 1.63. The summed E-state index contributed by atoms with van der Waals surface area (Å²) in [7, 11) is -2.18. The second kappa shape index (κ2) is 3.81. The lowest BCUT2D eigenvalue weighted by molar-refractivity contribution is 0.544. The van der Waals surface area contributed by atoms with E-state index in [2.05, 4.69) is 24.6 Å². The molecule has 0 spiro atoms. The zero-order chi connectivity index (χ0) is 7.33. The van der Waals surface area contributed by atoms with Crippen LogP contribution in [0.3, 0.4) is 0 Å². The normalized spacial score (nSPS) is 12.3. The Morgan fingerprint density at radius 1 is 1.56 bits per heavy atom. The van der Waals surface area contributed by atoms with Crippen LogP contribution in [0.4, 0.5) is 0 Å². The maximum absolute atomic E-state index is 9.62. The van der Waals surface area contributed by atoms with Crippen molar-refractivity contribution in [2.75, 3.05) is 0 Å². The van der Waals surface area contributed by atoms with Crippen LogP contribution in [0.1, 0.15) is 0 Å². The topological polar surface area (TPSA) is 38.3 Å². The van der Waals surface area contributed by atoms with E-state index in [1.807, 2.05) is 0 Å². The largest absolute Gasteiger partial charge is 0.445 e. The standard InChI is InChI=1S/C4H12NO2Si2/c1-9(2,3)7-8-5-4-6/h8H2,1-3H3,(H,5,6). The van der Waals surface area contributed by atoms with Gasteiger partial charge in [-0.05, 0) is 19.6 Å². The van der Waals surface area contributed by atoms with Gasteiger partial charge in [0.25, 0.3) is 9.92 Å². The van der Waals surface area contributed by atoms with Crippen LogP contribution in [-0.2, 0) is 8.91 Å². The third kappa shape index (κ3) is 7.86. The summed E-state index contributed by atoms with van der Waals surface area (Å²) in [5, 5.41) is 0. The van der Waals surface area contributed by atoms with Crippen LogP contribution in [-0.4, -0.2) is 24.7 Å². The molecular weight excluding hydrogens is 150 g/mol. The quantitative estimate of drug-likeness (QED) is 0.344. The molecule has 5 heteroatoms. The van der Waals surface area contributed by atoms with E-state index in [-0.39, 0.29) is 0 Å². The molecule has 0 aromatic heterocycles. The molecule has 0 aliphatic heterocycles. The summed E-state index contributed by atoms with van der Waals surface area (Å²) in [4.78, 5) is 12.1. The van der Waals surface area contributed by atoms with E-state index in [4.69, 9.17) is 4.12 Å². The minimum Gasteiger partial charge on any atom is -0.445 e. The first-order chi connectivity index (χ1) is 4.06. The Kier molecular flexibility index (Phi) is 3.75. The van der Waals surface area contributed by atoms with Crippen LogP contribution >= 0.6 is 0 Å². The molecule has 0 aromatic rings. The number of rotatable bonds is 4. The molecule has 0 saturated heterocycles. The molecule has 9 heavy (non-hydrogen) atoms. The molecule has 0 unspecified atom stereocenters. The molecule has 0 atom stereocenters. The lowest BCUT2D eigenvalue weighted by Gasteiger charge is -2.15. The van der Waals surface area contributed by atoms with Crippen molar-refractivity contribution in [3.63, 3.8) is 0 Å². The van der Waals surface area contributed by atoms with Gasteiger partial charge in [-0.25, -0.2) is 0 Å². The highest BCUT2D eigenvalue weighted by Gasteiger charge is 2.12. The highest BCUT2D eigenvalue weighted by Crippen LogP contribution is 1.98. The van der Waals surface area contributed by atoms with E-state index in [1.54, 1.807) is 6.41 Å². The Balaban J connectivity index is 3.17. The fourth-order valence-corrected chi connectivity index (χ4v) is 2.36. The van der Waals surface area contributed by atoms with Crippen molar-refractivity contribution in [2.45, 2.75) is 19.6 Å². The summed E-state index contributed by atoms with van der Waals surface area (Å²) in [6.07, 6.45) is 1.60. The van der Waals surface area contributed by atoms with Crippen LogP contribution in [0.5, 0.6) is 0 Å². The fraction of sp³-hybridized carbons (Fsp3) is 0.750. The second-order valence-electron chi connectivity index (χ2n) is 2.68. The zero-order valence-electron chi connectivity index (χ0n) is 6.02. The van der Waals surface area contributed by atoms with Crippen molar-refractivity contribution in [3.8, 4) is 0 Å². The van der Waals surface area contributed by atoms with E-state index in [9.17, 15) is 4.79 Å². The molecule has 0 aliphatic rings. The van der Waals surface area contributed by atoms with E-state index in [0.717, 1.165) is 0 Å². The number of carbonyl (C=O) groups excluding carboxylic acids is 1. The molecule has 0 fully saturated rings. The molecule has 1 N–H and O–H groups in total. The molecule has 0 heterocycles. The van der Waals surface area contributed by atoms with E-state index in [1.165, 1.54) is 0 Å². The fourth-order valence-electron chi connectivity index (χ4n) is 0.282. The van der Waals surface area contributed by atoms with Crippen LogP contribution in [0.2, 0.25) is 19.6 Å². The van der Waals surface area contributed by atoms with Gasteiger partial charge in [0, 0.05) is 0 Å². The Morgan fingerprint density at radius 2 is 2.11 bits per heavy atom. The van der Waals surface area contributed by atoms with Crippen molar-refractivity contribution in [1.29, 1.82) is 0 Å². The predicted molar refractivity (Wildman–Crippen MR) is 41.8 cm³/mol. The maximum atomic E-state index is 9.62. The van der Waals surface area contributed by atoms with Gasteiger partial charge in [0.1, 0.15) is 0 Å². The van der Waals surface area contributed by atoms with Crippen LogP contribution in [0, 0.1) is 0 Å². The minimum atomic E-state index is -1.37. The summed E-state index contributed by atoms with van der Waals surface area (Å²) in [6, 6.07) is 0. The van der Waals surface area contributed by atoms with Gasteiger partial charge < -0.3 is 9.10 Å². The lowest BCUT2D eigenvalue weighted by Crippen LogP contribution is -2.33. The third-order valence-electron chi connectivity index (χ3n) is 0.650. The summed E-state index contributed by atoms with van der Waals surface area (Å²) in [5.41, 5.74) is 0. The van der Waals surface area contributed by atoms with Crippen molar-refractivity contribution < 1.29 is 8.91 Å². The van der Waals surface area contributed by atoms with Gasteiger partial charge in [0.15, 0.2) is 8.32 Å². The van der Waals surface area contributed by atoms with Gasteiger partial charge >= 0.3 is 6.41 Å². The van der Waals surface area contributed by atoms with Crippen molar-refractivity contribution in [1.82, 2.24) is 4.98 Å². The van der Waals surface area contributed by atoms with E-state index >= 15 is 0 Å². The summed E-state index contributed by atoms with van der Waals surface area (Å²) < 4.78 is 5.37. The first-order valence-corrected chi connectivity index (χ1v) is 7.49. The highest BCUT2D eigenvalue weighted by atomic mass is 28.4. The highest BCUT2D eigenvalue weighted by molar-refractivity contribution is 6.73. The molecule has 0 aliphatic carbocycles. The number of amides is 1. The summed E-state index contributed by atoms with van der Waals surface area (Å²) >= 11 is 0. The maximum Gasteiger partial charge on any atom is 0.302 e. The van der Waals surface area contributed by atoms with Gasteiger partial charge in [-0.15, -0.1) is 0 Å². The number of nitrogens with one attached hydrogen (secondary N) is 1. The monoisotopic (exact) mass is 162 g/mol. The van der Waals surface area contributed by atoms with E-state index < -0.39 is 18.2 Å². The first kappa shape index (κ1) is 8.86. The Bertz CT molecular complexity index is 91.1. The van der Waals surface area contributed by atoms with Crippen LogP contribution < -0.4 is 4.98 Å². The second-order valence-corrected chi connectivity index (χ2v) is 8.70. The Labute approximate surface area is 58.9 Å². The minimum absolute atomic E-state index is 0.805. The average molecular weight is 162 g/mol. The van der Waals surface area contributed by atoms with Gasteiger partial charge in [-0.2, -0.15) is 0 Å². The summed E-state index contributed by atoms with van der Waals surface area (Å²) in [5.74, 6) is 0. The molecular formula is C4H12NO2Si2. The first-order valence-electron chi connectivity index (χ1n) is 2.80. The molecule has 0 aromatic carbocycles. The molecule has 1 amide bonds. The smallest absolute Gasteiger partial charge is 0.302 e. The van der Waals surface area contributed by atoms with Gasteiger partial charge in [-0.3, -0.25) is 4.79 Å². The molecule has 3 nitrogen and oxygen atoms in total. The third-order valence-corrected chi connectivity index (χ3v) is 4.98. The summed E-state index contributed by atoms with van der Waals surface area (Å²) in [6.45, 7) is 6.27. The van der Waals surface area contributed by atoms with Gasteiger partial charge in [0.05, 0.1) is 0 Å². The van der Waals surface area contributed by atoms with Crippen molar-refractivity contribution in [2.24, 2.45) is 0 Å². The molecule has 0 rings (SSSR count). The van der Waals surface area contributed by atoms with E-state index in [0.29, 0.717) is 0 Å². The van der Waals surface area contributed by atoms with Crippen LogP contribution in [0.15, 0.2) is 0 Å². The molecule has 0 saturated carbocycles. The zero-order valence-corrected chi connectivity index (χ0v) is 8.44. The Hall–Kier alpha value is -0.136. The van der Waals surface area contributed by atoms with Gasteiger partial charge in [0.2, 0.25) is 0 Å². The number of hydrogen-bond donors (Lipinski definition) is 1. The van der Waals surface area contributed by atoms with Crippen molar-refractivity contribution >= 4 is 24.7 Å². The van der Waals surface area contributed by atoms with Crippen LogP contribution in [0.25, 0.3) is 0 Å². The molecule has 1 radical (unpaired) electrons.